The number of fused-ring (bicyclic) bond motifs is 1. The van der Waals surface area contributed by atoms with E-state index in [1.54, 1.807) is 0 Å². The molecule has 1 fully saturated rings. The molecular formula is C14H17ClN2. The summed E-state index contributed by atoms with van der Waals surface area (Å²) in [6, 6.07) is 6.64. The Labute approximate surface area is 107 Å². The number of nitrogens with one attached hydrogen (secondary N) is 1. The molecule has 0 amide bonds. The van der Waals surface area contributed by atoms with Crippen LogP contribution in [0.5, 0.6) is 0 Å². The number of rotatable bonds is 1. The first-order valence-electron chi connectivity index (χ1n) is 6.27. The Balaban J connectivity index is 2.17. The third-order valence-corrected chi connectivity index (χ3v) is 4.18. The highest BCUT2D eigenvalue weighted by atomic mass is 35.5. The molecule has 2 nitrogen and oxygen atoms in total. The number of aromatic nitrogens is 1. The molecule has 3 rings (SSSR count). The summed E-state index contributed by atoms with van der Waals surface area (Å²) in [5, 5.41) is 4.50. The van der Waals surface area contributed by atoms with E-state index >= 15 is 0 Å². The van der Waals surface area contributed by atoms with Crippen molar-refractivity contribution in [2.75, 3.05) is 6.54 Å². The topological polar surface area (TPSA) is 16.4 Å². The number of pyridine rings is 1. The molecule has 0 spiro atoms. The lowest BCUT2D eigenvalue weighted by Gasteiger charge is -2.24. The Bertz CT molecular complexity index is 538. The number of hydrogen-bond donors (Lipinski definition) is 1. The zero-order valence-electron chi connectivity index (χ0n) is 10.0. The fourth-order valence-electron chi connectivity index (χ4n) is 2.83. The molecule has 3 heteroatoms. The first-order chi connectivity index (χ1) is 8.29. The number of piperidine rings is 1. The van der Waals surface area contributed by atoms with Crippen molar-refractivity contribution in [3.63, 3.8) is 0 Å². The van der Waals surface area contributed by atoms with Gasteiger partial charge >= 0.3 is 0 Å². The summed E-state index contributed by atoms with van der Waals surface area (Å²) in [5.74, 6) is 0. The molecule has 0 radical (unpaired) electrons. The van der Waals surface area contributed by atoms with Crippen molar-refractivity contribution in [1.82, 2.24) is 9.72 Å². The molecule has 0 aliphatic carbocycles. The molecule has 1 N–H and O–H groups in total. The maximum Gasteiger partial charge on any atom is 0.0693 e. The zero-order chi connectivity index (χ0) is 11.8. The van der Waals surface area contributed by atoms with Gasteiger partial charge in [0.1, 0.15) is 0 Å². The van der Waals surface area contributed by atoms with Gasteiger partial charge in [-0.25, -0.2) is 0 Å². The van der Waals surface area contributed by atoms with Crippen molar-refractivity contribution in [1.29, 1.82) is 0 Å². The Hall–Kier alpha value is -0.990. The molecule has 1 saturated heterocycles. The molecule has 0 aromatic carbocycles. The van der Waals surface area contributed by atoms with Crippen LogP contribution in [0.1, 0.15) is 36.6 Å². The van der Waals surface area contributed by atoms with Gasteiger partial charge < -0.3 is 9.72 Å². The van der Waals surface area contributed by atoms with Gasteiger partial charge in [0.2, 0.25) is 0 Å². The Morgan fingerprint density at radius 3 is 3.00 bits per heavy atom. The van der Waals surface area contributed by atoms with E-state index in [4.69, 9.17) is 11.6 Å². The zero-order valence-corrected chi connectivity index (χ0v) is 10.8. The van der Waals surface area contributed by atoms with Crippen LogP contribution in [0.3, 0.4) is 0 Å². The second kappa shape index (κ2) is 4.35. The van der Waals surface area contributed by atoms with Crippen molar-refractivity contribution in [3.05, 3.63) is 40.7 Å². The van der Waals surface area contributed by atoms with Crippen molar-refractivity contribution >= 4 is 17.1 Å². The smallest absolute Gasteiger partial charge is 0.0693 e. The molecule has 2 aromatic rings. The van der Waals surface area contributed by atoms with Crippen LogP contribution < -0.4 is 5.32 Å². The highest BCUT2D eigenvalue weighted by Gasteiger charge is 2.22. The third kappa shape index (κ3) is 1.76. The quantitative estimate of drug-likeness (QED) is 0.814. The summed E-state index contributed by atoms with van der Waals surface area (Å²) in [4.78, 5) is 0. The van der Waals surface area contributed by atoms with E-state index in [-0.39, 0.29) is 0 Å². The minimum Gasteiger partial charge on any atom is -0.318 e. The van der Waals surface area contributed by atoms with E-state index in [1.807, 2.05) is 6.07 Å². The molecule has 3 heterocycles. The highest BCUT2D eigenvalue weighted by molar-refractivity contribution is 6.34. The molecule has 17 heavy (non-hydrogen) atoms. The highest BCUT2D eigenvalue weighted by Crippen LogP contribution is 2.34. The van der Waals surface area contributed by atoms with Crippen LogP contribution in [0.25, 0.3) is 5.52 Å². The van der Waals surface area contributed by atoms with Crippen molar-refractivity contribution in [3.8, 4) is 0 Å². The van der Waals surface area contributed by atoms with E-state index in [1.165, 1.54) is 30.5 Å². The maximum absolute atomic E-state index is 6.42. The Kier molecular flexibility index (Phi) is 2.85. The lowest BCUT2D eigenvalue weighted by atomic mass is 10.00. The van der Waals surface area contributed by atoms with Crippen LogP contribution in [-0.2, 0) is 0 Å². The van der Waals surface area contributed by atoms with Crippen molar-refractivity contribution in [2.24, 2.45) is 0 Å². The van der Waals surface area contributed by atoms with Gasteiger partial charge in [-0.3, -0.25) is 0 Å². The van der Waals surface area contributed by atoms with Gasteiger partial charge in [0.25, 0.3) is 0 Å². The largest absolute Gasteiger partial charge is 0.318 e. The molecule has 1 unspecified atom stereocenters. The summed E-state index contributed by atoms with van der Waals surface area (Å²) in [7, 11) is 0. The lowest BCUT2D eigenvalue weighted by molar-refractivity contribution is 0.402. The standard InChI is InChI=1S/C14H17ClN2/c1-10-13(15)12-7-3-5-9-17(12)14(10)11-6-2-4-8-16-11/h3,5,7,9,11,16H,2,4,6,8H2,1H3. The molecule has 1 aliphatic heterocycles. The summed E-state index contributed by atoms with van der Waals surface area (Å²) in [6.07, 6.45) is 5.90. The van der Waals surface area contributed by atoms with Gasteiger partial charge in [0, 0.05) is 17.9 Å². The van der Waals surface area contributed by atoms with Gasteiger partial charge in [-0.2, -0.15) is 0 Å². The fraction of sp³-hybridized carbons (Fsp3) is 0.429. The second-order valence-electron chi connectivity index (χ2n) is 4.78. The average molecular weight is 249 g/mol. The number of nitrogens with zero attached hydrogens (tertiary/aromatic N) is 1. The van der Waals surface area contributed by atoms with Gasteiger partial charge in [-0.05, 0) is 44.0 Å². The van der Waals surface area contributed by atoms with Gasteiger partial charge in [0.05, 0.1) is 10.5 Å². The van der Waals surface area contributed by atoms with E-state index < -0.39 is 0 Å². The predicted molar refractivity (Wildman–Crippen MR) is 71.7 cm³/mol. The van der Waals surface area contributed by atoms with Gasteiger partial charge in [-0.15, -0.1) is 0 Å². The average Bonchev–Trinajstić information content (AvgIpc) is 2.64. The van der Waals surface area contributed by atoms with Gasteiger partial charge in [-0.1, -0.05) is 24.1 Å². The minimum absolute atomic E-state index is 0.450. The van der Waals surface area contributed by atoms with Crippen LogP contribution in [0.15, 0.2) is 24.4 Å². The summed E-state index contributed by atoms with van der Waals surface area (Å²) in [5.41, 5.74) is 3.68. The second-order valence-corrected chi connectivity index (χ2v) is 5.16. The van der Waals surface area contributed by atoms with Crippen LogP contribution in [0.4, 0.5) is 0 Å². The molecule has 1 atom stereocenters. The van der Waals surface area contributed by atoms with E-state index in [9.17, 15) is 0 Å². The van der Waals surface area contributed by atoms with Crippen LogP contribution >= 0.6 is 11.6 Å². The maximum atomic E-state index is 6.42. The molecule has 1 aliphatic rings. The van der Waals surface area contributed by atoms with E-state index in [0.717, 1.165) is 17.1 Å². The van der Waals surface area contributed by atoms with Crippen LogP contribution in [0, 0.1) is 6.92 Å². The van der Waals surface area contributed by atoms with E-state index in [0.29, 0.717) is 6.04 Å². The van der Waals surface area contributed by atoms with E-state index in [2.05, 4.69) is 35.0 Å². The Morgan fingerprint density at radius 2 is 2.24 bits per heavy atom. The summed E-state index contributed by atoms with van der Waals surface area (Å²) >= 11 is 6.42. The van der Waals surface area contributed by atoms with Gasteiger partial charge in [0.15, 0.2) is 0 Å². The molecule has 0 saturated carbocycles. The van der Waals surface area contributed by atoms with Crippen LogP contribution in [0.2, 0.25) is 5.02 Å². The fourth-order valence-corrected chi connectivity index (χ4v) is 3.08. The molecular weight excluding hydrogens is 232 g/mol. The minimum atomic E-state index is 0.450. The van der Waals surface area contributed by atoms with Crippen molar-refractivity contribution in [2.45, 2.75) is 32.2 Å². The van der Waals surface area contributed by atoms with Crippen LogP contribution in [-0.4, -0.2) is 10.9 Å². The summed E-state index contributed by atoms with van der Waals surface area (Å²) < 4.78 is 2.24. The monoisotopic (exact) mass is 248 g/mol. The lowest BCUT2D eigenvalue weighted by Crippen LogP contribution is -2.28. The molecule has 2 aromatic heterocycles. The first-order valence-corrected chi connectivity index (χ1v) is 6.65. The molecule has 90 valence electrons. The Morgan fingerprint density at radius 1 is 1.35 bits per heavy atom. The normalized spacial score (nSPS) is 20.9. The van der Waals surface area contributed by atoms with Crippen molar-refractivity contribution < 1.29 is 0 Å². The third-order valence-electron chi connectivity index (χ3n) is 3.70. The predicted octanol–water partition coefficient (Wildman–Crippen LogP) is 3.72. The SMILES string of the molecule is Cc1c(Cl)c2ccccn2c1C1CCCCN1. The first kappa shape index (κ1) is 11.1. The summed E-state index contributed by atoms with van der Waals surface area (Å²) in [6.45, 7) is 3.24. The number of halogens is 1. The number of hydrogen-bond acceptors (Lipinski definition) is 1. The molecule has 0 bridgehead atoms.